The van der Waals surface area contributed by atoms with Gasteiger partial charge in [0, 0.05) is 24.7 Å². The Hall–Kier alpha value is -2.33. The lowest BCUT2D eigenvalue weighted by atomic mass is 9.88. The molecule has 0 atom stereocenters. The minimum atomic E-state index is -1.10. The van der Waals surface area contributed by atoms with Gasteiger partial charge in [-0.05, 0) is 55.5 Å². The highest BCUT2D eigenvalue weighted by Gasteiger charge is 2.39. The van der Waals surface area contributed by atoms with Crippen molar-refractivity contribution in [3.8, 4) is 0 Å². The van der Waals surface area contributed by atoms with Gasteiger partial charge in [-0.2, -0.15) is 0 Å². The monoisotopic (exact) mass is 384 g/mol. The molecule has 2 aromatic carbocycles. The predicted octanol–water partition coefficient (Wildman–Crippen LogP) is 3.61. The number of hydrogen-bond donors (Lipinski definition) is 1. The highest BCUT2D eigenvalue weighted by atomic mass is 35.5. The van der Waals surface area contributed by atoms with Gasteiger partial charge in [0.05, 0.1) is 0 Å². The fraction of sp³-hybridized carbons (Fsp3) is 0.364. The Balaban J connectivity index is 1.58. The van der Waals surface area contributed by atoms with E-state index in [0.717, 1.165) is 17.5 Å². The van der Waals surface area contributed by atoms with Crippen LogP contribution in [0.4, 0.5) is 0 Å². The van der Waals surface area contributed by atoms with Crippen molar-refractivity contribution in [2.45, 2.75) is 33.2 Å². The van der Waals surface area contributed by atoms with Gasteiger partial charge in [0.2, 0.25) is 11.8 Å². The molecule has 1 heterocycles. The van der Waals surface area contributed by atoms with E-state index in [2.05, 4.69) is 11.4 Å². The first-order valence-electron chi connectivity index (χ1n) is 9.27. The fourth-order valence-corrected chi connectivity index (χ4v) is 3.61. The van der Waals surface area contributed by atoms with Crippen molar-refractivity contribution in [2.75, 3.05) is 13.1 Å². The third kappa shape index (κ3) is 4.51. The maximum absolute atomic E-state index is 13.0. The van der Waals surface area contributed by atoms with Crippen molar-refractivity contribution in [3.63, 3.8) is 0 Å². The molecule has 2 amide bonds. The Bertz CT molecular complexity index is 848. The number of fused-ring (bicyclic) bond motifs is 1. The predicted molar refractivity (Wildman–Crippen MR) is 108 cm³/mol. The van der Waals surface area contributed by atoms with Crippen LogP contribution in [0.25, 0.3) is 0 Å². The molecule has 1 aliphatic rings. The van der Waals surface area contributed by atoms with E-state index in [0.29, 0.717) is 31.1 Å². The van der Waals surface area contributed by atoms with Gasteiger partial charge in [0.15, 0.2) is 0 Å². The molecule has 2 aromatic rings. The van der Waals surface area contributed by atoms with Gasteiger partial charge >= 0.3 is 0 Å². The van der Waals surface area contributed by atoms with Gasteiger partial charge in [-0.3, -0.25) is 9.59 Å². The zero-order valence-electron chi connectivity index (χ0n) is 15.8. The highest BCUT2D eigenvalue weighted by molar-refractivity contribution is 6.30. The molecule has 0 bridgehead atoms. The van der Waals surface area contributed by atoms with E-state index in [4.69, 9.17) is 11.6 Å². The summed E-state index contributed by atoms with van der Waals surface area (Å²) in [5.41, 5.74) is 2.40. The van der Waals surface area contributed by atoms with Crippen LogP contribution in [0.1, 0.15) is 30.5 Å². The lowest BCUT2D eigenvalue weighted by molar-refractivity contribution is -0.149. The maximum atomic E-state index is 13.0. The number of benzene rings is 2. The van der Waals surface area contributed by atoms with Gasteiger partial charge < -0.3 is 10.2 Å². The molecule has 0 fully saturated rings. The molecule has 5 heteroatoms. The summed E-state index contributed by atoms with van der Waals surface area (Å²) in [6, 6.07) is 15.7. The Morgan fingerprint density at radius 2 is 1.85 bits per heavy atom. The first-order chi connectivity index (χ1) is 12.9. The molecule has 0 radical (unpaired) electrons. The molecule has 142 valence electrons. The summed E-state index contributed by atoms with van der Waals surface area (Å²) >= 11 is 5.98. The Morgan fingerprint density at radius 3 is 2.59 bits per heavy atom. The largest absolute Gasteiger partial charge is 0.355 e. The van der Waals surface area contributed by atoms with Crippen LogP contribution < -0.4 is 5.32 Å². The first kappa shape index (κ1) is 19.4. The SMILES string of the molecule is CC(C)(C(=O)NCCc1cccc(Cl)c1)C(=O)N1CCc2ccccc2C1. The number of amides is 2. The fourth-order valence-electron chi connectivity index (χ4n) is 3.40. The number of hydrogen-bond acceptors (Lipinski definition) is 2. The topological polar surface area (TPSA) is 49.4 Å². The normalized spacial score (nSPS) is 13.8. The molecule has 1 N–H and O–H groups in total. The van der Waals surface area contributed by atoms with Crippen LogP contribution >= 0.6 is 11.6 Å². The minimum absolute atomic E-state index is 0.128. The quantitative estimate of drug-likeness (QED) is 0.800. The van der Waals surface area contributed by atoms with E-state index in [1.807, 2.05) is 42.5 Å². The second-order valence-corrected chi connectivity index (χ2v) is 7.94. The number of carbonyl (C=O) groups is 2. The lowest BCUT2D eigenvalue weighted by Gasteiger charge is -2.34. The zero-order valence-corrected chi connectivity index (χ0v) is 16.6. The molecule has 3 rings (SSSR count). The minimum Gasteiger partial charge on any atom is -0.355 e. The van der Waals surface area contributed by atoms with E-state index in [9.17, 15) is 9.59 Å². The molecule has 0 aromatic heterocycles. The van der Waals surface area contributed by atoms with E-state index in [1.54, 1.807) is 18.7 Å². The Labute approximate surface area is 165 Å². The van der Waals surface area contributed by atoms with Crippen LogP contribution in [0.15, 0.2) is 48.5 Å². The summed E-state index contributed by atoms with van der Waals surface area (Å²) in [6.07, 6.45) is 1.50. The molecule has 0 aliphatic carbocycles. The third-order valence-electron chi connectivity index (χ3n) is 5.11. The zero-order chi connectivity index (χ0) is 19.4. The number of nitrogens with zero attached hydrogens (tertiary/aromatic N) is 1. The van der Waals surface area contributed by atoms with Gasteiger partial charge in [-0.15, -0.1) is 0 Å². The van der Waals surface area contributed by atoms with Crippen LogP contribution in [-0.2, 0) is 29.0 Å². The first-order valence-corrected chi connectivity index (χ1v) is 9.64. The van der Waals surface area contributed by atoms with Crippen molar-refractivity contribution in [2.24, 2.45) is 5.41 Å². The van der Waals surface area contributed by atoms with Crippen molar-refractivity contribution in [3.05, 3.63) is 70.2 Å². The van der Waals surface area contributed by atoms with Crippen LogP contribution in [-0.4, -0.2) is 29.8 Å². The van der Waals surface area contributed by atoms with Crippen LogP contribution in [0.3, 0.4) is 0 Å². The number of halogens is 1. The molecule has 27 heavy (non-hydrogen) atoms. The summed E-state index contributed by atoms with van der Waals surface area (Å²) in [5.74, 6) is -0.370. The van der Waals surface area contributed by atoms with Crippen molar-refractivity contribution in [1.29, 1.82) is 0 Å². The molecular formula is C22H25ClN2O2. The number of rotatable bonds is 5. The molecule has 1 aliphatic heterocycles. The smallest absolute Gasteiger partial charge is 0.238 e. The second kappa shape index (κ2) is 8.13. The van der Waals surface area contributed by atoms with Gasteiger partial charge in [-0.25, -0.2) is 0 Å². The summed E-state index contributed by atoms with van der Waals surface area (Å²) < 4.78 is 0. The average molecular weight is 385 g/mol. The summed E-state index contributed by atoms with van der Waals surface area (Å²) in [7, 11) is 0. The van der Waals surface area contributed by atoms with E-state index < -0.39 is 5.41 Å². The van der Waals surface area contributed by atoms with E-state index in [1.165, 1.54) is 5.56 Å². The van der Waals surface area contributed by atoms with Gasteiger partial charge in [-0.1, -0.05) is 48.0 Å². The Kier molecular flexibility index (Phi) is 5.85. The average Bonchev–Trinajstić information content (AvgIpc) is 2.67. The molecule has 0 unspecified atom stereocenters. The molecule has 0 spiro atoms. The molecule has 0 saturated carbocycles. The van der Waals surface area contributed by atoms with E-state index in [-0.39, 0.29) is 11.8 Å². The van der Waals surface area contributed by atoms with Crippen molar-refractivity contribution >= 4 is 23.4 Å². The highest BCUT2D eigenvalue weighted by Crippen LogP contribution is 2.25. The molecule has 4 nitrogen and oxygen atoms in total. The maximum Gasteiger partial charge on any atom is 0.238 e. The van der Waals surface area contributed by atoms with Crippen LogP contribution in [0.2, 0.25) is 5.02 Å². The molecular weight excluding hydrogens is 360 g/mol. The number of carbonyl (C=O) groups excluding carboxylic acids is 2. The third-order valence-corrected chi connectivity index (χ3v) is 5.34. The molecule has 0 saturated heterocycles. The lowest BCUT2D eigenvalue weighted by Crippen LogP contribution is -2.51. The standard InChI is InChI=1S/C22H25ClN2O2/c1-22(2,20(26)24-12-10-16-6-5-9-19(23)14-16)21(27)25-13-11-17-7-3-4-8-18(17)15-25/h3-9,14H,10-13,15H2,1-2H3,(H,24,26). The second-order valence-electron chi connectivity index (χ2n) is 7.51. The van der Waals surface area contributed by atoms with Gasteiger partial charge in [0.25, 0.3) is 0 Å². The van der Waals surface area contributed by atoms with Gasteiger partial charge in [0.1, 0.15) is 5.41 Å². The van der Waals surface area contributed by atoms with Crippen LogP contribution in [0, 0.1) is 5.41 Å². The summed E-state index contributed by atoms with van der Waals surface area (Å²) in [5, 5.41) is 3.58. The summed E-state index contributed by atoms with van der Waals surface area (Å²) in [6.45, 7) is 5.08. The van der Waals surface area contributed by atoms with Crippen molar-refractivity contribution in [1.82, 2.24) is 10.2 Å². The number of nitrogens with one attached hydrogen (secondary N) is 1. The summed E-state index contributed by atoms with van der Waals surface area (Å²) in [4.78, 5) is 27.5. The Morgan fingerprint density at radius 1 is 1.11 bits per heavy atom. The van der Waals surface area contributed by atoms with E-state index >= 15 is 0 Å². The van der Waals surface area contributed by atoms with Crippen LogP contribution in [0.5, 0.6) is 0 Å². The van der Waals surface area contributed by atoms with Crippen molar-refractivity contribution < 1.29 is 9.59 Å².